The SMILES string of the molecule is CCCC1(C(=O)O)CCN(C2CCCC(C3CC3)C2)C1. The highest BCUT2D eigenvalue weighted by Crippen LogP contribution is 2.46. The first-order valence-electron chi connectivity index (χ1n) is 8.62. The molecular formula is C17H29NO2. The minimum absolute atomic E-state index is 0.443. The van der Waals surface area contributed by atoms with Crippen LogP contribution in [0.25, 0.3) is 0 Å². The predicted octanol–water partition coefficient (Wildman–Crippen LogP) is 3.53. The van der Waals surface area contributed by atoms with E-state index in [2.05, 4.69) is 11.8 Å². The van der Waals surface area contributed by atoms with Gasteiger partial charge in [-0.1, -0.05) is 26.2 Å². The molecule has 0 bridgehead atoms. The average molecular weight is 279 g/mol. The number of aliphatic carboxylic acids is 1. The van der Waals surface area contributed by atoms with Crippen LogP contribution in [-0.4, -0.2) is 35.1 Å². The van der Waals surface area contributed by atoms with Crippen LogP contribution in [0.1, 0.15) is 64.7 Å². The Bertz CT molecular complexity index is 366. The third kappa shape index (κ3) is 2.74. The molecule has 3 heteroatoms. The standard InChI is InChI=1S/C17H29NO2/c1-2-8-17(16(19)20)9-10-18(12-17)15-5-3-4-14(11-15)13-6-7-13/h13-15H,2-12H2,1H3,(H,19,20). The smallest absolute Gasteiger partial charge is 0.310 e. The van der Waals surface area contributed by atoms with Crippen molar-refractivity contribution in [3.8, 4) is 0 Å². The van der Waals surface area contributed by atoms with Gasteiger partial charge >= 0.3 is 5.97 Å². The third-order valence-electron chi connectivity index (χ3n) is 6.06. The Labute approximate surface area is 122 Å². The molecule has 0 aromatic carbocycles. The molecule has 3 nitrogen and oxygen atoms in total. The fraction of sp³-hybridized carbons (Fsp3) is 0.941. The highest BCUT2D eigenvalue weighted by Gasteiger charge is 2.46. The second-order valence-electron chi connectivity index (χ2n) is 7.47. The Kier molecular flexibility index (Phi) is 4.07. The molecule has 0 amide bonds. The molecule has 2 saturated carbocycles. The molecule has 3 atom stereocenters. The lowest BCUT2D eigenvalue weighted by Gasteiger charge is -2.36. The number of likely N-dealkylation sites (tertiary alicyclic amines) is 1. The Morgan fingerprint density at radius 1 is 1.25 bits per heavy atom. The van der Waals surface area contributed by atoms with Gasteiger partial charge in [-0.2, -0.15) is 0 Å². The van der Waals surface area contributed by atoms with E-state index in [1.165, 1.54) is 38.5 Å². The molecule has 1 saturated heterocycles. The molecule has 114 valence electrons. The van der Waals surface area contributed by atoms with Crippen LogP contribution in [0.3, 0.4) is 0 Å². The van der Waals surface area contributed by atoms with Crippen molar-refractivity contribution in [1.82, 2.24) is 4.90 Å². The molecule has 0 radical (unpaired) electrons. The largest absolute Gasteiger partial charge is 0.481 e. The number of rotatable bonds is 5. The van der Waals surface area contributed by atoms with Crippen LogP contribution in [-0.2, 0) is 4.79 Å². The second kappa shape index (κ2) is 5.67. The number of hydrogen-bond donors (Lipinski definition) is 1. The third-order valence-corrected chi connectivity index (χ3v) is 6.06. The Morgan fingerprint density at radius 2 is 2.05 bits per heavy atom. The summed E-state index contributed by atoms with van der Waals surface area (Å²) in [4.78, 5) is 14.2. The van der Waals surface area contributed by atoms with Crippen LogP contribution in [0.2, 0.25) is 0 Å². The van der Waals surface area contributed by atoms with Crippen molar-refractivity contribution in [3.63, 3.8) is 0 Å². The van der Waals surface area contributed by atoms with E-state index < -0.39 is 11.4 Å². The van der Waals surface area contributed by atoms with Crippen LogP contribution in [0.15, 0.2) is 0 Å². The van der Waals surface area contributed by atoms with Gasteiger partial charge in [-0.3, -0.25) is 9.69 Å². The normalized spacial score (nSPS) is 39.0. The summed E-state index contributed by atoms with van der Waals surface area (Å²) in [6.07, 6.45) is 11.0. The molecule has 3 rings (SSSR count). The van der Waals surface area contributed by atoms with Crippen LogP contribution in [0, 0.1) is 17.3 Å². The minimum Gasteiger partial charge on any atom is -0.481 e. The molecule has 2 aliphatic carbocycles. The van der Waals surface area contributed by atoms with Gasteiger partial charge in [0.1, 0.15) is 0 Å². The quantitative estimate of drug-likeness (QED) is 0.837. The number of nitrogens with zero attached hydrogens (tertiary/aromatic N) is 1. The molecule has 0 aromatic heterocycles. The Hall–Kier alpha value is -0.570. The zero-order valence-electron chi connectivity index (χ0n) is 12.8. The van der Waals surface area contributed by atoms with Gasteiger partial charge in [0.2, 0.25) is 0 Å². The number of carbonyl (C=O) groups is 1. The first-order chi connectivity index (χ1) is 9.64. The summed E-state index contributed by atoms with van der Waals surface area (Å²) in [6, 6.07) is 0.674. The van der Waals surface area contributed by atoms with Crippen molar-refractivity contribution in [3.05, 3.63) is 0 Å². The number of hydrogen-bond acceptors (Lipinski definition) is 2. The fourth-order valence-corrected chi connectivity index (χ4v) is 4.71. The molecule has 20 heavy (non-hydrogen) atoms. The lowest BCUT2D eigenvalue weighted by atomic mass is 9.81. The van der Waals surface area contributed by atoms with Gasteiger partial charge in [0.15, 0.2) is 0 Å². The first-order valence-corrected chi connectivity index (χ1v) is 8.62. The van der Waals surface area contributed by atoms with Crippen LogP contribution in [0.5, 0.6) is 0 Å². The van der Waals surface area contributed by atoms with E-state index in [1.54, 1.807) is 0 Å². The lowest BCUT2D eigenvalue weighted by molar-refractivity contribution is -0.148. The van der Waals surface area contributed by atoms with E-state index >= 15 is 0 Å². The first kappa shape index (κ1) is 14.4. The average Bonchev–Trinajstić information content (AvgIpc) is 3.20. The van der Waals surface area contributed by atoms with E-state index in [-0.39, 0.29) is 0 Å². The zero-order chi connectivity index (χ0) is 14.2. The minimum atomic E-state index is -0.559. The van der Waals surface area contributed by atoms with Crippen molar-refractivity contribution in [2.75, 3.05) is 13.1 Å². The van der Waals surface area contributed by atoms with E-state index in [9.17, 15) is 9.90 Å². The molecule has 0 aromatic rings. The zero-order valence-corrected chi connectivity index (χ0v) is 12.8. The van der Waals surface area contributed by atoms with Crippen molar-refractivity contribution >= 4 is 5.97 Å². The summed E-state index contributed by atoms with van der Waals surface area (Å²) < 4.78 is 0. The monoisotopic (exact) mass is 279 g/mol. The van der Waals surface area contributed by atoms with Gasteiger partial charge < -0.3 is 5.11 Å². The van der Waals surface area contributed by atoms with Gasteiger partial charge in [0.25, 0.3) is 0 Å². The molecule has 3 aliphatic rings. The van der Waals surface area contributed by atoms with Gasteiger partial charge in [-0.15, -0.1) is 0 Å². The molecule has 1 heterocycles. The summed E-state index contributed by atoms with van der Waals surface area (Å²) in [5, 5.41) is 9.63. The van der Waals surface area contributed by atoms with E-state index in [1.807, 2.05) is 0 Å². The molecule has 1 aliphatic heterocycles. The molecule has 3 fully saturated rings. The second-order valence-corrected chi connectivity index (χ2v) is 7.47. The summed E-state index contributed by atoms with van der Waals surface area (Å²) in [7, 11) is 0. The molecule has 1 N–H and O–H groups in total. The molecular weight excluding hydrogens is 250 g/mol. The Balaban J connectivity index is 1.62. The maximum Gasteiger partial charge on any atom is 0.310 e. The van der Waals surface area contributed by atoms with Gasteiger partial charge in [0.05, 0.1) is 5.41 Å². The van der Waals surface area contributed by atoms with Crippen molar-refractivity contribution in [1.29, 1.82) is 0 Å². The highest BCUT2D eigenvalue weighted by atomic mass is 16.4. The Morgan fingerprint density at radius 3 is 2.70 bits per heavy atom. The lowest BCUT2D eigenvalue weighted by Crippen LogP contribution is -2.41. The highest BCUT2D eigenvalue weighted by molar-refractivity contribution is 5.75. The summed E-state index contributed by atoms with van der Waals surface area (Å²) in [5.74, 6) is 1.40. The molecule has 0 spiro atoms. The van der Waals surface area contributed by atoms with Crippen molar-refractivity contribution in [2.24, 2.45) is 17.3 Å². The van der Waals surface area contributed by atoms with Crippen LogP contribution < -0.4 is 0 Å². The van der Waals surface area contributed by atoms with E-state index in [0.717, 1.165) is 44.2 Å². The van der Waals surface area contributed by atoms with Crippen molar-refractivity contribution < 1.29 is 9.90 Å². The predicted molar refractivity (Wildman–Crippen MR) is 79.6 cm³/mol. The topological polar surface area (TPSA) is 40.5 Å². The molecule has 3 unspecified atom stereocenters. The van der Waals surface area contributed by atoms with E-state index in [0.29, 0.717) is 6.04 Å². The maximum atomic E-state index is 11.7. The van der Waals surface area contributed by atoms with Gasteiger partial charge in [-0.25, -0.2) is 0 Å². The van der Waals surface area contributed by atoms with Crippen LogP contribution >= 0.6 is 0 Å². The van der Waals surface area contributed by atoms with Crippen LogP contribution in [0.4, 0.5) is 0 Å². The summed E-state index contributed by atoms with van der Waals surface area (Å²) in [5.41, 5.74) is -0.443. The number of carboxylic acids is 1. The number of carboxylic acid groups (broad SMARTS) is 1. The van der Waals surface area contributed by atoms with Crippen molar-refractivity contribution in [2.45, 2.75) is 70.8 Å². The van der Waals surface area contributed by atoms with E-state index in [4.69, 9.17) is 0 Å². The summed E-state index contributed by atoms with van der Waals surface area (Å²) in [6.45, 7) is 3.92. The fourth-order valence-electron chi connectivity index (χ4n) is 4.71. The maximum absolute atomic E-state index is 11.7. The van der Waals surface area contributed by atoms with Gasteiger partial charge in [-0.05, 0) is 56.9 Å². The summed E-state index contributed by atoms with van der Waals surface area (Å²) >= 11 is 0. The van der Waals surface area contributed by atoms with Gasteiger partial charge in [0, 0.05) is 12.6 Å².